The zero-order valence-electron chi connectivity index (χ0n) is 11.2. The fourth-order valence-corrected chi connectivity index (χ4v) is 2.96. The number of rotatable bonds is 3. The molecule has 2 amide bonds. The Bertz CT molecular complexity index is 571. The van der Waals surface area contributed by atoms with Crippen LogP contribution in [0.1, 0.15) is 37.2 Å². The van der Waals surface area contributed by atoms with E-state index in [9.17, 15) is 19.5 Å². The van der Waals surface area contributed by atoms with Crippen LogP contribution in [0.25, 0.3) is 0 Å². The molecule has 7 nitrogen and oxygen atoms in total. The Morgan fingerprint density at radius 1 is 1.50 bits per heavy atom. The second-order valence-electron chi connectivity index (χ2n) is 4.86. The Morgan fingerprint density at radius 2 is 2.20 bits per heavy atom. The van der Waals surface area contributed by atoms with Crippen LogP contribution in [0.4, 0.5) is 5.13 Å². The molecule has 0 aromatic carbocycles. The SMILES string of the molecule is CC(=O)Nc1nc(C(=O)N2CCCC2(C)C(=O)O)cs1. The molecule has 0 aliphatic carbocycles. The van der Waals surface area contributed by atoms with Crippen molar-refractivity contribution in [2.45, 2.75) is 32.2 Å². The highest BCUT2D eigenvalue weighted by molar-refractivity contribution is 7.14. The van der Waals surface area contributed by atoms with Gasteiger partial charge in [-0.15, -0.1) is 11.3 Å². The molecule has 2 N–H and O–H groups in total. The lowest BCUT2D eigenvalue weighted by atomic mass is 9.99. The average molecular weight is 297 g/mol. The van der Waals surface area contributed by atoms with Crippen molar-refractivity contribution in [1.82, 2.24) is 9.88 Å². The monoisotopic (exact) mass is 297 g/mol. The quantitative estimate of drug-likeness (QED) is 0.872. The molecule has 0 radical (unpaired) electrons. The van der Waals surface area contributed by atoms with Crippen molar-refractivity contribution in [1.29, 1.82) is 0 Å². The summed E-state index contributed by atoms with van der Waals surface area (Å²) in [5.41, 5.74) is -1.03. The summed E-state index contributed by atoms with van der Waals surface area (Å²) in [6.07, 6.45) is 1.08. The molecule has 1 unspecified atom stereocenters. The van der Waals surface area contributed by atoms with E-state index in [0.29, 0.717) is 24.5 Å². The minimum Gasteiger partial charge on any atom is -0.480 e. The maximum absolute atomic E-state index is 12.4. The van der Waals surface area contributed by atoms with E-state index in [4.69, 9.17) is 0 Å². The summed E-state index contributed by atoms with van der Waals surface area (Å²) in [4.78, 5) is 40.0. The highest BCUT2D eigenvalue weighted by atomic mass is 32.1. The molecular weight excluding hydrogens is 282 g/mol. The van der Waals surface area contributed by atoms with Gasteiger partial charge in [0.15, 0.2) is 5.13 Å². The maximum atomic E-state index is 12.4. The summed E-state index contributed by atoms with van der Waals surface area (Å²) in [6, 6.07) is 0. The fourth-order valence-electron chi connectivity index (χ4n) is 2.23. The molecule has 0 spiro atoms. The molecule has 8 heteroatoms. The van der Waals surface area contributed by atoms with Crippen LogP contribution in [-0.4, -0.2) is 44.9 Å². The summed E-state index contributed by atoms with van der Waals surface area (Å²) in [5, 5.41) is 13.6. The average Bonchev–Trinajstić information content (AvgIpc) is 2.95. The van der Waals surface area contributed by atoms with Crippen molar-refractivity contribution >= 4 is 34.3 Å². The lowest BCUT2D eigenvalue weighted by Gasteiger charge is -2.30. The second kappa shape index (κ2) is 5.20. The second-order valence-corrected chi connectivity index (χ2v) is 5.72. The van der Waals surface area contributed by atoms with Gasteiger partial charge in [-0.3, -0.25) is 9.59 Å². The standard InChI is InChI=1S/C12H15N3O4S/c1-7(16)13-11-14-8(6-20-11)9(17)15-5-3-4-12(15,2)10(18)19/h6H,3-5H2,1-2H3,(H,18,19)(H,13,14,16). The van der Waals surface area contributed by atoms with Gasteiger partial charge in [0.1, 0.15) is 11.2 Å². The normalized spacial score (nSPS) is 21.8. The van der Waals surface area contributed by atoms with E-state index in [-0.39, 0.29) is 11.6 Å². The Morgan fingerprint density at radius 3 is 2.80 bits per heavy atom. The number of amides is 2. The predicted octanol–water partition coefficient (Wildman–Crippen LogP) is 1.18. The number of likely N-dealkylation sites (tertiary alicyclic amines) is 1. The first-order valence-electron chi connectivity index (χ1n) is 6.13. The molecule has 108 valence electrons. The number of anilines is 1. The molecule has 1 fully saturated rings. The molecule has 1 aliphatic rings. The fraction of sp³-hybridized carbons (Fsp3) is 0.500. The summed E-state index contributed by atoms with van der Waals surface area (Å²) in [7, 11) is 0. The molecule has 1 saturated heterocycles. The first-order chi connectivity index (χ1) is 9.34. The number of carbonyl (C=O) groups excluding carboxylic acids is 2. The van der Waals surface area contributed by atoms with Crippen molar-refractivity contribution in [3.63, 3.8) is 0 Å². The third kappa shape index (κ3) is 2.51. The third-order valence-electron chi connectivity index (χ3n) is 3.35. The Kier molecular flexibility index (Phi) is 3.76. The van der Waals surface area contributed by atoms with Crippen LogP contribution in [0, 0.1) is 0 Å². The predicted molar refractivity (Wildman–Crippen MR) is 72.7 cm³/mol. The molecule has 2 rings (SSSR count). The highest BCUT2D eigenvalue weighted by Gasteiger charge is 2.46. The number of thiazole rings is 1. The minimum atomic E-state index is -1.19. The molecule has 0 saturated carbocycles. The van der Waals surface area contributed by atoms with Gasteiger partial charge in [-0.2, -0.15) is 0 Å². The first kappa shape index (κ1) is 14.4. The van der Waals surface area contributed by atoms with Gasteiger partial charge < -0.3 is 15.3 Å². The smallest absolute Gasteiger partial charge is 0.329 e. The van der Waals surface area contributed by atoms with Gasteiger partial charge in [0.25, 0.3) is 5.91 Å². The van der Waals surface area contributed by atoms with Crippen molar-refractivity contribution in [2.75, 3.05) is 11.9 Å². The van der Waals surface area contributed by atoms with Crippen LogP contribution in [0.15, 0.2) is 5.38 Å². The first-order valence-corrected chi connectivity index (χ1v) is 7.01. The molecule has 2 heterocycles. The zero-order valence-corrected chi connectivity index (χ0v) is 12.0. The van der Waals surface area contributed by atoms with Gasteiger partial charge in [0, 0.05) is 18.8 Å². The van der Waals surface area contributed by atoms with E-state index >= 15 is 0 Å². The molecule has 20 heavy (non-hydrogen) atoms. The minimum absolute atomic E-state index is 0.160. The molecule has 1 atom stereocenters. The molecule has 1 aliphatic heterocycles. The van der Waals surface area contributed by atoms with Crippen LogP contribution >= 0.6 is 11.3 Å². The van der Waals surface area contributed by atoms with E-state index in [1.54, 1.807) is 6.92 Å². The van der Waals surface area contributed by atoms with Gasteiger partial charge in [-0.25, -0.2) is 9.78 Å². The van der Waals surface area contributed by atoms with E-state index < -0.39 is 17.4 Å². The van der Waals surface area contributed by atoms with Crippen LogP contribution in [0.3, 0.4) is 0 Å². The van der Waals surface area contributed by atoms with Gasteiger partial charge in [-0.05, 0) is 19.8 Å². The van der Waals surface area contributed by atoms with Crippen LogP contribution < -0.4 is 5.32 Å². The molecule has 0 bridgehead atoms. The number of aliphatic carboxylic acids is 1. The number of hydrogen-bond donors (Lipinski definition) is 2. The molecular formula is C12H15N3O4S. The number of aromatic nitrogens is 1. The number of nitrogens with one attached hydrogen (secondary N) is 1. The highest BCUT2D eigenvalue weighted by Crippen LogP contribution is 2.31. The van der Waals surface area contributed by atoms with Crippen LogP contribution in [0.5, 0.6) is 0 Å². The number of carbonyl (C=O) groups is 3. The lowest BCUT2D eigenvalue weighted by molar-refractivity contribution is -0.147. The number of nitrogens with zero attached hydrogens (tertiary/aromatic N) is 2. The van der Waals surface area contributed by atoms with E-state index in [1.807, 2.05) is 0 Å². The summed E-state index contributed by atoms with van der Waals surface area (Å²) in [5.74, 6) is -1.70. The van der Waals surface area contributed by atoms with Gasteiger partial charge in [0.05, 0.1) is 0 Å². The van der Waals surface area contributed by atoms with Crippen LogP contribution in [-0.2, 0) is 9.59 Å². The number of carboxylic acid groups (broad SMARTS) is 1. The maximum Gasteiger partial charge on any atom is 0.329 e. The summed E-state index contributed by atoms with van der Waals surface area (Å²) >= 11 is 1.14. The Balaban J connectivity index is 2.21. The number of carboxylic acids is 1. The van der Waals surface area contributed by atoms with E-state index in [1.165, 1.54) is 17.2 Å². The third-order valence-corrected chi connectivity index (χ3v) is 4.11. The van der Waals surface area contributed by atoms with E-state index in [2.05, 4.69) is 10.3 Å². The Hall–Kier alpha value is -1.96. The van der Waals surface area contributed by atoms with Crippen molar-refractivity contribution in [3.8, 4) is 0 Å². The summed E-state index contributed by atoms with van der Waals surface area (Å²) < 4.78 is 0. The van der Waals surface area contributed by atoms with Crippen molar-refractivity contribution in [3.05, 3.63) is 11.1 Å². The largest absolute Gasteiger partial charge is 0.480 e. The van der Waals surface area contributed by atoms with Crippen LogP contribution in [0.2, 0.25) is 0 Å². The number of hydrogen-bond acceptors (Lipinski definition) is 5. The topological polar surface area (TPSA) is 99.6 Å². The van der Waals surface area contributed by atoms with Gasteiger partial charge in [-0.1, -0.05) is 0 Å². The van der Waals surface area contributed by atoms with Gasteiger partial charge >= 0.3 is 5.97 Å². The summed E-state index contributed by atoms with van der Waals surface area (Å²) in [6.45, 7) is 3.29. The Labute approximate surface area is 119 Å². The van der Waals surface area contributed by atoms with Crippen molar-refractivity contribution in [2.24, 2.45) is 0 Å². The van der Waals surface area contributed by atoms with Crippen molar-refractivity contribution < 1.29 is 19.5 Å². The van der Waals surface area contributed by atoms with E-state index in [0.717, 1.165) is 11.3 Å². The van der Waals surface area contributed by atoms with Gasteiger partial charge in [0.2, 0.25) is 5.91 Å². The lowest BCUT2D eigenvalue weighted by Crippen LogP contribution is -2.50. The zero-order chi connectivity index (χ0) is 14.9. The molecule has 1 aromatic heterocycles. The molecule has 1 aromatic rings.